The molecule has 0 unspecified atom stereocenters. The van der Waals surface area contributed by atoms with E-state index in [1.165, 1.54) is 28.7 Å². The van der Waals surface area contributed by atoms with Crippen molar-refractivity contribution in [1.82, 2.24) is 9.78 Å². The summed E-state index contributed by atoms with van der Waals surface area (Å²) in [6, 6.07) is 13.8. The lowest BCUT2D eigenvalue weighted by Gasteiger charge is -2.16. The third-order valence-electron chi connectivity index (χ3n) is 4.93. The molecule has 29 heavy (non-hydrogen) atoms. The van der Waals surface area contributed by atoms with Crippen molar-refractivity contribution in [2.75, 3.05) is 5.32 Å². The molecule has 0 fully saturated rings. The van der Waals surface area contributed by atoms with Gasteiger partial charge in [0.2, 0.25) is 5.91 Å². The summed E-state index contributed by atoms with van der Waals surface area (Å²) in [5.74, 6) is 0.914. The van der Waals surface area contributed by atoms with Crippen LogP contribution in [0.5, 0.6) is 5.75 Å². The van der Waals surface area contributed by atoms with Gasteiger partial charge in [0.1, 0.15) is 12.3 Å². The van der Waals surface area contributed by atoms with E-state index in [9.17, 15) is 4.79 Å². The minimum absolute atomic E-state index is 0.0187. The van der Waals surface area contributed by atoms with E-state index in [1.807, 2.05) is 37.3 Å². The van der Waals surface area contributed by atoms with Gasteiger partial charge in [-0.3, -0.25) is 4.79 Å². The van der Waals surface area contributed by atoms with Gasteiger partial charge in [-0.15, -0.1) is 5.10 Å². The van der Waals surface area contributed by atoms with Gasteiger partial charge in [-0.2, -0.15) is 0 Å². The highest BCUT2D eigenvalue weighted by atomic mass is 32.1. The Bertz CT molecular complexity index is 1090. The Balaban J connectivity index is 1.36. The lowest BCUT2D eigenvalue weighted by molar-refractivity contribution is -0.117. The van der Waals surface area contributed by atoms with Crippen molar-refractivity contribution in [3.8, 4) is 5.75 Å². The molecular formula is C22H23N3O3S. The number of benzene rings is 2. The molecule has 1 aromatic heterocycles. The van der Waals surface area contributed by atoms with Crippen molar-refractivity contribution in [3.63, 3.8) is 0 Å². The van der Waals surface area contributed by atoms with Crippen LogP contribution in [0, 0.1) is 11.8 Å². The highest BCUT2D eigenvalue weighted by Gasteiger charge is 2.13. The maximum Gasteiger partial charge on any atom is 0.287 e. The second kappa shape index (κ2) is 8.61. The van der Waals surface area contributed by atoms with Crippen molar-refractivity contribution < 1.29 is 13.9 Å². The zero-order valence-corrected chi connectivity index (χ0v) is 17.1. The molecule has 0 radical (unpaired) electrons. The first-order valence-electron chi connectivity index (χ1n) is 9.75. The lowest BCUT2D eigenvalue weighted by atomic mass is 9.92. The molecule has 4 rings (SSSR count). The molecule has 6 nitrogen and oxygen atoms in total. The molecule has 7 heteroatoms. The van der Waals surface area contributed by atoms with Crippen molar-refractivity contribution in [2.45, 2.75) is 45.8 Å². The van der Waals surface area contributed by atoms with Gasteiger partial charge in [0.05, 0.1) is 0 Å². The van der Waals surface area contributed by atoms with Crippen LogP contribution in [0.2, 0.25) is 0 Å². The number of rotatable bonds is 6. The largest absolute Gasteiger partial charge is 0.484 e. The molecule has 1 aliphatic rings. The van der Waals surface area contributed by atoms with Gasteiger partial charge in [0, 0.05) is 5.69 Å². The predicted molar refractivity (Wildman–Crippen MR) is 113 cm³/mol. The fraction of sp³-hybridized carbons (Fsp3) is 0.318. The number of carbonyl (C=O) groups is 1. The van der Waals surface area contributed by atoms with Crippen molar-refractivity contribution in [3.05, 3.63) is 69.9 Å². The van der Waals surface area contributed by atoms with E-state index in [0.29, 0.717) is 5.89 Å². The molecule has 1 aliphatic carbocycles. The number of hydrogen-bond acceptors (Lipinski definition) is 5. The number of nitrogens with one attached hydrogen (secondary N) is 1. The second-order valence-corrected chi connectivity index (χ2v) is 7.61. The summed E-state index contributed by atoms with van der Waals surface area (Å²) >= 11 is 5.19. The number of fused-ring (bicyclic) bond motifs is 1. The maximum absolute atomic E-state index is 12.3. The topological polar surface area (TPSA) is 69.3 Å². The Hall–Kier alpha value is -2.93. The number of aromatic nitrogens is 2. The fourth-order valence-electron chi connectivity index (χ4n) is 3.51. The van der Waals surface area contributed by atoms with Crippen LogP contribution in [0.1, 0.15) is 35.4 Å². The van der Waals surface area contributed by atoms with Gasteiger partial charge in [-0.25, -0.2) is 4.68 Å². The van der Waals surface area contributed by atoms with E-state index in [0.717, 1.165) is 29.8 Å². The maximum atomic E-state index is 12.3. The molecule has 0 saturated heterocycles. The van der Waals surface area contributed by atoms with E-state index in [-0.39, 0.29) is 23.9 Å². The summed E-state index contributed by atoms with van der Waals surface area (Å²) < 4.78 is 12.7. The van der Waals surface area contributed by atoms with Crippen LogP contribution in [0.4, 0.5) is 5.69 Å². The van der Waals surface area contributed by atoms with Crippen LogP contribution in [0.3, 0.4) is 0 Å². The predicted octanol–water partition coefficient (Wildman–Crippen LogP) is 4.61. The zero-order chi connectivity index (χ0) is 20.2. The van der Waals surface area contributed by atoms with E-state index in [1.54, 1.807) is 0 Å². The number of anilines is 1. The molecule has 0 spiro atoms. The van der Waals surface area contributed by atoms with Crippen LogP contribution in [0.25, 0.3) is 0 Å². The molecule has 0 saturated carbocycles. The first kappa shape index (κ1) is 19.4. The quantitative estimate of drug-likeness (QED) is 0.602. The first-order valence-corrected chi connectivity index (χ1v) is 10.2. The average Bonchev–Trinajstić information content (AvgIpc) is 3.05. The van der Waals surface area contributed by atoms with Crippen molar-refractivity contribution >= 4 is 23.8 Å². The van der Waals surface area contributed by atoms with E-state index in [2.05, 4.69) is 22.5 Å². The van der Waals surface area contributed by atoms with Gasteiger partial charge in [-0.1, -0.05) is 18.2 Å². The second-order valence-electron chi connectivity index (χ2n) is 7.26. The zero-order valence-electron chi connectivity index (χ0n) is 16.3. The monoisotopic (exact) mass is 409 g/mol. The summed E-state index contributed by atoms with van der Waals surface area (Å²) in [4.78, 5) is 12.4. The molecule has 1 amide bonds. The van der Waals surface area contributed by atoms with Gasteiger partial charge < -0.3 is 14.5 Å². The summed E-state index contributed by atoms with van der Waals surface area (Å²) in [5.41, 5.74) is 4.57. The summed E-state index contributed by atoms with van der Waals surface area (Å²) in [6.07, 6.45) is 4.71. The third kappa shape index (κ3) is 4.92. The highest BCUT2D eigenvalue weighted by Crippen LogP contribution is 2.25. The molecule has 0 bridgehead atoms. The van der Waals surface area contributed by atoms with Gasteiger partial charge in [-0.05, 0) is 85.8 Å². The average molecular weight is 410 g/mol. The Morgan fingerprint density at radius 2 is 2.03 bits per heavy atom. The summed E-state index contributed by atoms with van der Waals surface area (Å²) in [7, 11) is 0. The van der Waals surface area contributed by atoms with E-state index < -0.39 is 0 Å². The van der Waals surface area contributed by atoms with Gasteiger partial charge in [0.15, 0.2) is 6.61 Å². The molecule has 2 aromatic carbocycles. The van der Waals surface area contributed by atoms with Crippen LogP contribution in [-0.2, 0) is 30.8 Å². The molecule has 0 aliphatic heterocycles. The number of amides is 1. The van der Waals surface area contributed by atoms with Crippen LogP contribution in [-0.4, -0.2) is 15.7 Å². The molecule has 3 aromatic rings. The molecule has 0 atom stereocenters. The fourth-order valence-corrected chi connectivity index (χ4v) is 3.71. The van der Waals surface area contributed by atoms with Crippen LogP contribution < -0.4 is 10.1 Å². The minimum atomic E-state index is -0.220. The normalized spacial score (nSPS) is 13.0. The Morgan fingerprint density at radius 1 is 1.21 bits per heavy atom. The summed E-state index contributed by atoms with van der Waals surface area (Å²) in [5, 5.41) is 7.11. The molecule has 150 valence electrons. The molecule has 1 N–H and O–H groups in total. The van der Waals surface area contributed by atoms with Gasteiger partial charge in [0.25, 0.3) is 10.7 Å². The molecular weight excluding hydrogens is 386 g/mol. The third-order valence-corrected chi connectivity index (χ3v) is 5.22. The van der Waals surface area contributed by atoms with E-state index >= 15 is 0 Å². The number of ether oxygens (including phenoxy) is 1. The molecule has 1 heterocycles. The number of carbonyl (C=O) groups excluding carboxylic acids is 1. The van der Waals surface area contributed by atoms with Crippen molar-refractivity contribution in [2.24, 2.45) is 0 Å². The van der Waals surface area contributed by atoms with Gasteiger partial charge >= 0.3 is 0 Å². The number of aryl methyl sites for hydroxylation is 3. The van der Waals surface area contributed by atoms with Crippen LogP contribution in [0.15, 0.2) is 46.9 Å². The Kier molecular flexibility index (Phi) is 5.76. The standard InChI is InChI=1S/C22H23N3O3S/c1-15-5-4-8-18(11-15)23-20(26)13-25-22(29)28-21(24-25)14-27-19-10-9-16-6-2-3-7-17(16)12-19/h4-5,8-12H,2-3,6-7,13-14H2,1H3,(H,23,26). The number of nitrogens with zero attached hydrogens (tertiary/aromatic N) is 2. The highest BCUT2D eigenvalue weighted by molar-refractivity contribution is 7.71. The lowest BCUT2D eigenvalue weighted by Crippen LogP contribution is -2.19. The minimum Gasteiger partial charge on any atom is -0.484 e. The SMILES string of the molecule is Cc1cccc(NC(=O)Cn2nc(COc3ccc4c(c3)CCCC4)oc2=S)c1. The van der Waals surface area contributed by atoms with E-state index in [4.69, 9.17) is 21.4 Å². The summed E-state index contributed by atoms with van der Waals surface area (Å²) in [6.45, 7) is 2.11. The number of hydrogen-bond donors (Lipinski definition) is 1. The van der Waals surface area contributed by atoms with Crippen LogP contribution >= 0.6 is 12.2 Å². The Morgan fingerprint density at radius 3 is 2.86 bits per heavy atom. The smallest absolute Gasteiger partial charge is 0.287 e. The Labute approximate surface area is 174 Å². The first-order chi connectivity index (χ1) is 14.1. The van der Waals surface area contributed by atoms with Crippen molar-refractivity contribution in [1.29, 1.82) is 0 Å².